The fourth-order valence-electron chi connectivity index (χ4n) is 4.58. The number of fused-ring (bicyclic) bond motifs is 3. The summed E-state index contributed by atoms with van der Waals surface area (Å²) < 4.78 is 26.9. The minimum absolute atomic E-state index is 0.260. The smallest absolute Gasteiger partial charge is 0.172 e. The summed E-state index contributed by atoms with van der Waals surface area (Å²) in [7, 11) is 0. The van der Waals surface area contributed by atoms with Crippen molar-refractivity contribution in [1.29, 1.82) is 0 Å². The molecule has 3 aromatic carbocycles. The van der Waals surface area contributed by atoms with Crippen LogP contribution in [-0.4, -0.2) is 13.2 Å². The lowest BCUT2D eigenvalue weighted by molar-refractivity contribution is 0.291. The normalized spacial score (nSPS) is 11.4. The van der Waals surface area contributed by atoms with Gasteiger partial charge in [-0.15, -0.1) is 0 Å². The molecule has 0 bridgehead atoms. The highest BCUT2D eigenvalue weighted by atomic mass is 19.1. The van der Waals surface area contributed by atoms with Crippen LogP contribution in [0.5, 0.6) is 11.5 Å². The Hall–Kier alpha value is -2.29. The number of halogens is 1. The molecule has 3 heteroatoms. The van der Waals surface area contributed by atoms with E-state index in [1.807, 2.05) is 30.3 Å². The lowest BCUT2D eigenvalue weighted by atomic mass is 10.0. The number of hydrogen-bond acceptors (Lipinski definition) is 2. The Morgan fingerprint density at radius 2 is 1.12 bits per heavy atom. The first-order chi connectivity index (χ1) is 16.7. The Morgan fingerprint density at radius 1 is 0.559 bits per heavy atom. The van der Waals surface area contributed by atoms with Gasteiger partial charge in [-0.1, -0.05) is 103 Å². The summed E-state index contributed by atoms with van der Waals surface area (Å²) in [6, 6.07) is 13.7. The monoisotopic (exact) mass is 466 g/mol. The van der Waals surface area contributed by atoms with E-state index in [0.29, 0.717) is 17.7 Å². The largest absolute Gasteiger partial charge is 0.494 e. The van der Waals surface area contributed by atoms with Crippen LogP contribution in [0.2, 0.25) is 0 Å². The van der Waals surface area contributed by atoms with Gasteiger partial charge in [0, 0.05) is 5.39 Å². The molecule has 34 heavy (non-hydrogen) atoms. The molecule has 0 amide bonds. The molecule has 0 atom stereocenters. The first kappa shape index (κ1) is 26.3. The first-order valence-electron chi connectivity index (χ1n) is 13.6. The molecule has 0 heterocycles. The van der Waals surface area contributed by atoms with Gasteiger partial charge >= 0.3 is 0 Å². The molecule has 0 aliphatic heterocycles. The third-order valence-electron chi connectivity index (χ3n) is 6.66. The van der Waals surface area contributed by atoms with Crippen molar-refractivity contribution in [3.05, 3.63) is 48.3 Å². The second-order valence-corrected chi connectivity index (χ2v) is 9.51. The molecular weight excluding hydrogens is 423 g/mol. The third-order valence-corrected chi connectivity index (χ3v) is 6.66. The summed E-state index contributed by atoms with van der Waals surface area (Å²) in [5.74, 6) is 0.983. The summed E-state index contributed by atoms with van der Waals surface area (Å²) in [6.07, 6.45) is 16.1. The minimum atomic E-state index is -0.260. The van der Waals surface area contributed by atoms with E-state index < -0.39 is 0 Å². The highest BCUT2D eigenvalue weighted by Gasteiger charge is 2.11. The summed E-state index contributed by atoms with van der Waals surface area (Å²) in [5.41, 5.74) is 0. The molecule has 0 aliphatic rings. The van der Waals surface area contributed by atoms with Gasteiger partial charge in [0.1, 0.15) is 5.75 Å². The van der Waals surface area contributed by atoms with Crippen molar-refractivity contribution in [2.24, 2.45) is 0 Å². The minimum Gasteiger partial charge on any atom is -0.494 e. The number of ether oxygens (including phenoxy) is 2. The van der Waals surface area contributed by atoms with E-state index in [2.05, 4.69) is 19.9 Å². The van der Waals surface area contributed by atoms with Crippen molar-refractivity contribution in [3.63, 3.8) is 0 Å². The number of rotatable bonds is 17. The quantitative estimate of drug-likeness (QED) is 0.145. The van der Waals surface area contributed by atoms with Crippen molar-refractivity contribution in [2.75, 3.05) is 13.2 Å². The fraction of sp³-hybridized carbons (Fsp3) is 0.548. The van der Waals surface area contributed by atoms with E-state index in [1.54, 1.807) is 6.07 Å². The predicted octanol–water partition coefficient (Wildman–Crippen LogP) is 10.0. The van der Waals surface area contributed by atoms with Gasteiger partial charge in [-0.25, -0.2) is 4.39 Å². The molecule has 2 nitrogen and oxygen atoms in total. The topological polar surface area (TPSA) is 18.5 Å². The average Bonchev–Trinajstić information content (AvgIpc) is 2.86. The molecule has 3 rings (SSSR count). The zero-order valence-corrected chi connectivity index (χ0v) is 21.3. The Kier molecular flexibility index (Phi) is 11.5. The van der Waals surface area contributed by atoms with E-state index in [4.69, 9.17) is 9.47 Å². The fourth-order valence-corrected chi connectivity index (χ4v) is 4.58. The molecule has 0 saturated carbocycles. The van der Waals surface area contributed by atoms with Gasteiger partial charge in [-0.05, 0) is 53.3 Å². The van der Waals surface area contributed by atoms with Crippen LogP contribution in [0.4, 0.5) is 4.39 Å². The van der Waals surface area contributed by atoms with Gasteiger partial charge in [-0.3, -0.25) is 0 Å². The second kappa shape index (κ2) is 14.9. The van der Waals surface area contributed by atoms with Crippen LogP contribution < -0.4 is 9.47 Å². The zero-order chi connectivity index (χ0) is 24.0. The Bertz CT molecular complexity index is 998. The highest BCUT2D eigenvalue weighted by Crippen LogP contribution is 2.33. The molecule has 0 aromatic heterocycles. The van der Waals surface area contributed by atoms with Crippen LogP contribution in [-0.2, 0) is 0 Å². The Morgan fingerprint density at radius 3 is 1.79 bits per heavy atom. The lowest BCUT2D eigenvalue weighted by Crippen LogP contribution is -2.00. The van der Waals surface area contributed by atoms with Crippen LogP contribution in [0.1, 0.15) is 97.3 Å². The lowest BCUT2D eigenvalue weighted by Gasteiger charge is -2.12. The maximum atomic E-state index is 15.1. The molecule has 3 aromatic rings. The summed E-state index contributed by atoms with van der Waals surface area (Å²) in [4.78, 5) is 0. The van der Waals surface area contributed by atoms with Crippen LogP contribution in [0.15, 0.2) is 42.5 Å². The Balaban J connectivity index is 1.54. The van der Waals surface area contributed by atoms with E-state index >= 15 is 4.39 Å². The second-order valence-electron chi connectivity index (χ2n) is 9.51. The SMILES string of the molecule is CCCCCCCCCOc1ccc2c(ccc3c(F)c(OCCCCCCCC)ccc32)c1. The maximum Gasteiger partial charge on any atom is 0.172 e. The van der Waals surface area contributed by atoms with Crippen LogP contribution in [0.25, 0.3) is 21.5 Å². The van der Waals surface area contributed by atoms with Gasteiger partial charge in [-0.2, -0.15) is 0 Å². The van der Waals surface area contributed by atoms with Crippen molar-refractivity contribution < 1.29 is 13.9 Å². The molecule has 186 valence electrons. The molecule has 0 fully saturated rings. The van der Waals surface area contributed by atoms with Gasteiger partial charge in [0.05, 0.1) is 13.2 Å². The van der Waals surface area contributed by atoms with E-state index in [0.717, 1.165) is 47.8 Å². The van der Waals surface area contributed by atoms with Gasteiger partial charge in [0.15, 0.2) is 11.6 Å². The molecular formula is C31H43FO2. The first-order valence-corrected chi connectivity index (χ1v) is 13.6. The van der Waals surface area contributed by atoms with Crippen molar-refractivity contribution in [2.45, 2.75) is 97.3 Å². The van der Waals surface area contributed by atoms with Crippen LogP contribution in [0.3, 0.4) is 0 Å². The molecule has 0 unspecified atom stereocenters. The molecule has 0 spiro atoms. The van der Waals surface area contributed by atoms with E-state index in [1.165, 1.54) is 64.2 Å². The summed E-state index contributed by atoms with van der Waals surface area (Å²) in [6.45, 7) is 5.79. The summed E-state index contributed by atoms with van der Waals surface area (Å²) >= 11 is 0. The van der Waals surface area contributed by atoms with Crippen molar-refractivity contribution >= 4 is 21.5 Å². The van der Waals surface area contributed by atoms with Gasteiger partial charge < -0.3 is 9.47 Å². The standard InChI is InChI=1S/C31H43FO2/c1-3-5-7-9-11-13-14-22-33-26-17-19-27-25(24-26)16-18-29-28(27)20-21-30(31(29)32)34-23-15-12-10-8-6-4-2/h16-21,24H,3-15,22-23H2,1-2H3. The number of benzene rings is 3. The molecule has 0 saturated heterocycles. The summed E-state index contributed by atoms with van der Waals surface area (Å²) in [5, 5.41) is 3.65. The Labute approximate surface area is 205 Å². The van der Waals surface area contributed by atoms with Crippen LogP contribution >= 0.6 is 0 Å². The van der Waals surface area contributed by atoms with Crippen molar-refractivity contribution in [3.8, 4) is 11.5 Å². The van der Waals surface area contributed by atoms with E-state index in [-0.39, 0.29) is 5.82 Å². The number of hydrogen-bond donors (Lipinski definition) is 0. The van der Waals surface area contributed by atoms with Crippen LogP contribution in [0, 0.1) is 5.82 Å². The highest BCUT2D eigenvalue weighted by molar-refractivity contribution is 6.08. The van der Waals surface area contributed by atoms with Gasteiger partial charge in [0.2, 0.25) is 0 Å². The number of unbranched alkanes of at least 4 members (excludes halogenated alkanes) is 11. The zero-order valence-electron chi connectivity index (χ0n) is 21.3. The molecule has 0 N–H and O–H groups in total. The molecule has 0 radical (unpaired) electrons. The predicted molar refractivity (Wildman–Crippen MR) is 144 cm³/mol. The maximum absolute atomic E-state index is 15.1. The van der Waals surface area contributed by atoms with Crippen molar-refractivity contribution in [1.82, 2.24) is 0 Å². The average molecular weight is 467 g/mol. The van der Waals surface area contributed by atoms with E-state index in [9.17, 15) is 0 Å². The third kappa shape index (κ3) is 7.89. The van der Waals surface area contributed by atoms with Gasteiger partial charge in [0.25, 0.3) is 0 Å². The molecule has 0 aliphatic carbocycles.